The summed E-state index contributed by atoms with van der Waals surface area (Å²) in [6.07, 6.45) is 3.39. The molecule has 18 heavy (non-hydrogen) atoms. The van der Waals surface area contributed by atoms with Gasteiger partial charge in [-0.2, -0.15) is 0 Å². The Morgan fingerprint density at radius 1 is 1.22 bits per heavy atom. The average molecular weight is 258 g/mol. The Labute approximate surface area is 105 Å². The van der Waals surface area contributed by atoms with Crippen molar-refractivity contribution in [1.29, 1.82) is 0 Å². The highest BCUT2D eigenvalue weighted by molar-refractivity contribution is 5.78. The summed E-state index contributed by atoms with van der Waals surface area (Å²) in [5.41, 5.74) is 6.47. The number of rotatable bonds is 7. The lowest BCUT2D eigenvalue weighted by molar-refractivity contribution is -0.142. The third kappa shape index (κ3) is 4.70. The van der Waals surface area contributed by atoms with E-state index in [1.165, 1.54) is 0 Å². The highest BCUT2D eigenvalue weighted by atomic mass is 16.7. The fraction of sp³-hybridized carbons (Fsp3) is 0.727. The molecule has 1 rings (SSSR count). The van der Waals surface area contributed by atoms with Gasteiger partial charge in [-0.1, -0.05) is 12.8 Å². The molecule has 1 aliphatic rings. The van der Waals surface area contributed by atoms with Gasteiger partial charge in [-0.15, -0.1) is 0 Å². The molecule has 0 aromatic rings. The number of nitrogens with two attached hydrogens (primary N) is 1. The van der Waals surface area contributed by atoms with Crippen molar-refractivity contribution in [2.45, 2.75) is 38.5 Å². The largest absolute Gasteiger partial charge is 0.481 e. The zero-order valence-corrected chi connectivity index (χ0v) is 10.1. The maximum absolute atomic E-state index is 11.6. The first-order valence-corrected chi connectivity index (χ1v) is 5.84. The van der Waals surface area contributed by atoms with E-state index in [0.717, 1.165) is 25.7 Å². The van der Waals surface area contributed by atoms with Crippen LogP contribution in [0.1, 0.15) is 38.5 Å². The first-order valence-electron chi connectivity index (χ1n) is 5.84. The van der Waals surface area contributed by atoms with E-state index in [1.807, 2.05) is 0 Å². The number of aliphatic carboxylic acids is 1. The third-order valence-corrected chi connectivity index (χ3v) is 3.13. The molecule has 0 aliphatic heterocycles. The van der Waals surface area contributed by atoms with Crippen LogP contribution in [0, 0.1) is 5.41 Å². The monoisotopic (exact) mass is 258 g/mol. The number of hydroxylamine groups is 1. The zero-order chi connectivity index (χ0) is 13.6. The maximum atomic E-state index is 11.6. The SMILES string of the molecule is NC(=O)CONC(=O)CC1(CC(=O)O)CCCC1. The fourth-order valence-corrected chi connectivity index (χ4v) is 2.43. The Bertz CT molecular complexity index is 336. The molecule has 0 heterocycles. The van der Waals surface area contributed by atoms with Gasteiger partial charge in [0.05, 0.1) is 6.42 Å². The van der Waals surface area contributed by atoms with Crippen LogP contribution < -0.4 is 11.2 Å². The van der Waals surface area contributed by atoms with Crippen LogP contribution in [0.15, 0.2) is 0 Å². The molecule has 0 aromatic heterocycles. The van der Waals surface area contributed by atoms with Gasteiger partial charge in [0.25, 0.3) is 0 Å². The maximum Gasteiger partial charge on any atom is 0.303 e. The van der Waals surface area contributed by atoms with Crippen molar-refractivity contribution in [3.8, 4) is 0 Å². The molecule has 0 saturated heterocycles. The molecule has 0 atom stereocenters. The predicted octanol–water partition coefficient (Wildman–Crippen LogP) is -0.0553. The highest BCUT2D eigenvalue weighted by Gasteiger charge is 2.38. The molecule has 1 fully saturated rings. The quantitative estimate of drug-likeness (QED) is 0.553. The van der Waals surface area contributed by atoms with Gasteiger partial charge >= 0.3 is 5.97 Å². The fourth-order valence-electron chi connectivity index (χ4n) is 2.43. The van der Waals surface area contributed by atoms with Crippen LogP contribution in [0.2, 0.25) is 0 Å². The topological polar surface area (TPSA) is 119 Å². The minimum Gasteiger partial charge on any atom is -0.481 e. The van der Waals surface area contributed by atoms with Crippen molar-refractivity contribution in [2.75, 3.05) is 6.61 Å². The van der Waals surface area contributed by atoms with Crippen LogP contribution in [-0.2, 0) is 19.2 Å². The molecule has 7 nitrogen and oxygen atoms in total. The van der Waals surface area contributed by atoms with Gasteiger partial charge in [0.1, 0.15) is 0 Å². The first-order chi connectivity index (χ1) is 8.43. The molecule has 0 spiro atoms. The number of carbonyl (C=O) groups excluding carboxylic acids is 2. The van der Waals surface area contributed by atoms with E-state index >= 15 is 0 Å². The molecule has 0 radical (unpaired) electrons. The van der Waals surface area contributed by atoms with Gasteiger partial charge < -0.3 is 10.8 Å². The van der Waals surface area contributed by atoms with Crippen molar-refractivity contribution in [3.05, 3.63) is 0 Å². The van der Waals surface area contributed by atoms with Gasteiger partial charge in [-0.05, 0) is 18.3 Å². The summed E-state index contributed by atoms with van der Waals surface area (Å²) in [6.45, 7) is -0.391. The van der Waals surface area contributed by atoms with Crippen molar-refractivity contribution in [1.82, 2.24) is 5.48 Å². The second kappa shape index (κ2) is 6.34. The minimum absolute atomic E-state index is 0.0176. The Balaban J connectivity index is 2.43. The standard InChI is InChI=1S/C11H18N2O5/c12-8(14)7-18-13-9(15)5-11(6-10(16)17)3-1-2-4-11/h1-7H2,(H2,12,14)(H,13,15)(H,16,17). The molecule has 0 unspecified atom stereocenters. The summed E-state index contributed by atoms with van der Waals surface area (Å²) < 4.78 is 0. The van der Waals surface area contributed by atoms with E-state index in [9.17, 15) is 14.4 Å². The molecule has 1 saturated carbocycles. The molecule has 0 bridgehead atoms. The summed E-state index contributed by atoms with van der Waals surface area (Å²) in [4.78, 5) is 37.4. The van der Waals surface area contributed by atoms with Crippen LogP contribution in [-0.4, -0.2) is 29.5 Å². The first kappa shape index (κ1) is 14.4. The van der Waals surface area contributed by atoms with Crippen molar-refractivity contribution >= 4 is 17.8 Å². The number of hydrogen-bond acceptors (Lipinski definition) is 4. The zero-order valence-electron chi connectivity index (χ0n) is 10.1. The summed E-state index contributed by atoms with van der Waals surface area (Å²) in [5.74, 6) is -2.00. The van der Waals surface area contributed by atoms with Gasteiger partial charge in [-0.3, -0.25) is 19.2 Å². The molecular formula is C11H18N2O5. The number of nitrogens with one attached hydrogen (secondary N) is 1. The van der Waals surface area contributed by atoms with Crippen LogP contribution >= 0.6 is 0 Å². The van der Waals surface area contributed by atoms with E-state index in [2.05, 4.69) is 10.3 Å². The average Bonchev–Trinajstić information content (AvgIpc) is 2.64. The number of hydrogen-bond donors (Lipinski definition) is 3. The number of amides is 2. The van der Waals surface area contributed by atoms with E-state index in [0.29, 0.717) is 0 Å². The normalized spacial score (nSPS) is 17.3. The predicted molar refractivity (Wildman–Crippen MR) is 61.1 cm³/mol. The molecule has 7 heteroatoms. The van der Waals surface area contributed by atoms with Gasteiger partial charge in [0.15, 0.2) is 6.61 Å². The third-order valence-electron chi connectivity index (χ3n) is 3.13. The number of carbonyl (C=O) groups is 3. The molecule has 2 amide bonds. The Morgan fingerprint density at radius 2 is 1.83 bits per heavy atom. The molecule has 1 aliphatic carbocycles. The Hall–Kier alpha value is -1.63. The van der Waals surface area contributed by atoms with Crippen LogP contribution in [0.3, 0.4) is 0 Å². The van der Waals surface area contributed by atoms with Crippen LogP contribution in [0.5, 0.6) is 0 Å². The lowest BCUT2D eigenvalue weighted by Gasteiger charge is -2.25. The van der Waals surface area contributed by atoms with Crippen molar-refractivity contribution in [3.63, 3.8) is 0 Å². The number of carboxylic acids is 1. The number of primary amides is 1. The second-order valence-corrected chi connectivity index (χ2v) is 4.73. The lowest BCUT2D eigenvalue weighted by atomic mass is 9.79. The lowest BCUT2D eigenvalue weighted by Crippen LogP contribution is -2.34. The smallest absolute Gasteiger partial charge is 0.303 e. The summed E-state index contributed by atoms with van der Waals surface area (Å²) in [6, 6.07) is 0. The second-order valence-electron chi connectivity index (χ2n) is 4.73. The molecule has 4 N–H and O–H groups in total. The van der Waals surface area contributed by atoms with E-state index in [4.69, 9.17) is 10.8 Å². The minimum atomic E-state index is -0.900. The molecular weight excluding hydrogens is 240 g/mol. The van der Waals surface area contributed by atoms with E-state index in [-0.39, 0.29) is 12.8 Å². The van der Waals surface area contributed by atoms with Crippen LogP contribution in [0.4, 0.5) is 0 Å². The van der Waals surface area contributed by atoms with Gasteiger partial charge in [0.2, 0.25) is 11.8 Å². The molecule has 0 aromatic carbocycles. The Kier molecular flexibility index (Phi) is 5.08. The highest BCUT2D eigenvalue weighted by Crippen LogP contribution is 2.43. The summed E-state index contributed by atoms with van der Waals surface area (Å²) in [7, 11) is 0. The Morgan fingerprint density at radius 3 is 2.33 bits per heavy atom. The number of carboxylic acid groups (broad SMARTS) is 1. The summed E-state index contributed by atoms with van der Waals surface area (Å²) in [5, 5.41) is 8.88. The van der Waals surface area contributed by atoms with Crippen molar-refractivity contribution < 1.29 is 24.3 Å². The van der Waals surface area contributed by atoms with E-state index in [1.54, 1.807) is 0 Å². The van der Waals surface area contributed by atoms with E-state index < -0.39 is 29.8 Å². The van der Waals surface area contributed by atoms with Gasteiger partial charge in [-0.25, -0.2) is 5.48 Å². The molecule has 102 valence electrons. The summed E-state index contributed by atoms with van der Waals surface area (Å²) >= 11 is 0. The van der Waals surface area contributed by atoms with Gasteiger partial charge in [0, 0.05) is 6.42 Å². The van der Waals surface area contributed by atoms with Crippen LogP contribution in [0.25, 0.3) is 0 Å². The van der Waals surface area contributed by atoms with Crippen molar-refractivity contribution in [2.24, 2.45) is 11.1 Å².